The van der Waals surface area contributed by atoms with Gasteiger partial charge in [-0.05, 0) is 0 Å². The summed E-state index contributed by atoms with van der Waals surface area (Å²) >= 11 is 1.78. The molecule has 0 fully saturated rings. The van der Waals surface area contributed by atoms with Crippen LogP contribution in [0.3, 0.4) is 0 Å². The Bertz CT molecular complexity index is 293. The van der Waals surface area contributed by atoms with Crippen molar-refractivity contribution in [1.29, 1.82) is 0 Å². The van der Waals surface area contributed by atoms with Crippen molar-refractivity contribution in [2.45, 2.75) is 11.5 Å². The van der Waals surface area contributed by atoms with Gasteiger partial charge in [0.15, 0.2) is 0 Å². The van der Waals surface area contributed by atoms with Gasteiger partial charge in [0.2, 0.25) is 0 Å². The summed E-state index contributed by atoms with van der Waals surface area (Å²) in [4.78, 5) is 14.4. The minimum absolute atomic E-state index is 0.897. The normalized spacial score (nSPS) is 10.5. The maximum Gasteiger partial charge on any atom is 0.116 e. The Morgan fingerprint density at radius 3 is 1.92 bits per heavy atom. The molecular formula is C8H10N4S. The highest BCUT2D eigenvalue weighted by Crippen LogP contribution is 2.12. The zero-order valence-corrected chi connectivity index (χ0v) is 7.84. The van der Waals surface area contributed by atoms with E-state index >= 15 is 0 Å². The number of hydrogen-bond donors (Lipinski definition) is 2. The van der Waals surface area contributed by atoms with Crippen molar-refractivity contribution in [3.8, 4) is 0 Å². The van der Waals surface area contributed by atoms with Crippen molar-refractivity contribution < 1.29 is 0 Å². The lowest BCUT2D eigenvalue weighted by Gasteiger charge is -1.95. The molecule has 0 aliphatic carbocycles. The molecule has 2 rings (SSSR count). The summed E-state index contributed by atoms with van der Waals surface area (Å²) in [6, 6.07) is 0. The largest absolute Gasteiger partial charge is 0.348 e. The molecule has 2 aromatic rings. The Morgan fingerprint density at radius 1 is 1.00 bits per heavy atom. The number of H-pyrrole nitrogens is 2. The molecule has 0 atom stereocenters. The van der Waals surface area contributed by atoms with Gasteiger partial charge in [-0.15, -0.1) is 11.8 Å². The molecule has 4 nitrogen and oxygen atoms in total. The van der Waals surface area contributed by atoms with Gasteiger partial charge in [-0.3, -0.25) is 0 Å². The lowest BCUT2D eigenvalue weighted by molar-refractivity contribution is 1.09. The van der Waals surface area contributed by atoms with Crippen LogP contribution in [0.25, 0.3) is 0 Å². The first-order chi connectivity index (χ1) is 6.45. The molecule has 0 saturated carbocycles. The summed E-state index contributed by atoms with van der Waals surface area (Å²) in [5, 5.41) is 0. The Balaban J connectivity index is 1.76. The molecule has 5 heteroatoms. The summed E-state index contributed by atoms with van der Waals surface area (Å²) in [5.41, 5.74) is 0. The van der Waals surface area contributed by atoms with Crippen LogP contribution in [0.2, 0.25) is 0 Å². The molecule has 0 aromatic carbocycles. The van der Waals surface area contributed by atoms with E-state index in [1.807, 2.05) is 12.4 Å². The van der Waals surface area contributed by atoms with Crippen molar-refractivity contribution in [3.05, 3.63) is 36.4 Å². The third-order valence-corrected chi connectivity index (χ3v) is 2.54. The van der Waals surface area contributed by atoms with Gasteiger partial charge in [0.25, 0.3) is 0 Å². The maximum absolute atomic E-state index is 4.13. The van der Waals surface area contributed by atoms with Gasteiger partial charge in [0.05, 0.1) is 11.5 Å². The molecule has 0 aliphatic rings. The first kappa shape index (κ1) is 8.37. The second kappa shape index (κ2) is 4.13. The molecule has 2 heterocycles. The summed E-state index contributed by atoms with van der Waals surface area (Å²) in [7, 11) is 0. The molecule has 0 saturated heterocycles. The molecule has 68 valence electrons. The number of imidazole rings is 2. The van der Waals surface area contributed by atoms with Crippen LogP contribution in [0.15, 0.2) is 24.8 Å². The highest BCUT2D eigenvalue weighted by Gasteiger charge is 1.97. The molecule has 13 heavy (non-hydrogen) atoms. The summed E-state index contributed by atoms with van der Waals surface area (Å²) in [6.45, 7) is 0. The predicted molar refractivity (Wildman–Crippen MR) is 52.2 cm³/mol. The van der Waals surface area contributed by atoms with Crippen LogP contribution >= 0.6 is 11.8 Å². The van der Waals surface area contributed by atoms with E-state index in [-0.39, 0.29) is 0 Å². The molecule has 0 unspecified atom stereocenters. The lowest BCUT2D eigenvalue weighted by atomic mass is 10.7. The monoisotopic (exact) mass is 194 g/mol. The first-order valence-electron chi connectivity index (χ1n) is 3.99. The van der Waals surface area contributed by atoms with E-state index in [1.165, 1.54) is 0 Å². The zero-order chi connectivity index (χ0) is 8.93. The van der Waals surface area contributed by atoms with E-state index < -0.39 is 0 Å². The molecular weight excluding hydrogens is 184 g/mol. The van der Waals surface area contributed by atoms with Crippen molar-refractivity contribution in [3.63, 3.8) is 0 Å². The minimum atomic E-state index is 0.897. The second-order valence-corrected chi connectivity index (χ2v) is 3.55. The fraction of sp³-hybridized carbons (Fsp3) is 0.250. The lowest BCUT2D eigenvalue weighted by Crippen LogP contribution is -1.86. The van der Waals surface area contributed by atoms with Gasteiger partial charge < -0.3 is 9.97 Å². The van der Waals surface area contributed by atoms with E-state index in [0.717, 1.165) is 23.2 Å². The molecule has 0 spiro atoms. The highest BCUT2D eigenvalue weighted by atomic mass is 32.2. The number of nitrogens with one attached hydrogen (secondary N) is 2. The molecule has 0 aliphatic heterocycles. The van der Waals surface area contributed by atoms with E-state index in [1.54, 1.807) is 24.2 Å². The number of aromatic nitrogens is 4. The predicted octanol–water partition coefficient (Wildman–Crippen LogP) is 1.57. The molecule has 2 aromatic heterocycles. The smallest absolute Gasteiger partial charge is 0.116 e. The fourth-order valence-corrected chi connectivity index (χ4v) is 1.80. The second-order valence-electron chi connectivity index (χ2n) is 2.56. The zero-order valence-electron chi connectivity index (χ0n) is 7.03. The standard InChI is InChI=1S/C8H10N4S/c1-2-10-7(9-1)5-13-6-8-11-3-4-12-8/h1-4H,5-6H2,(H,9,10)(H,11,12). The van der Waals surface area contributed by atoms with Crippen LogP contribution < -0.4 is 0 Å². The van der Waals surface area contributed by atoms with Crippen LogP contribution in [-0.2, 0) is 11.5 Å². The summed E-state index contributed by atoms with van der Waals surface area (Å²) < 4.78 is 0. The van der Waals surface area contributed by atoms with Crippen molar-refractivity contribution >= 4 is 11.8 Å². The van der Waals surface area contributed by atoms with Crippen LogP contribution in [-0.4, -0.2) is 19.9 Å². The third-order valence-electron chi connectivity index (χ3n) is 1.59. The third kappa shape index (κ3) is 2.35. The van der Waals surface area contributed by atoms with Gasteiger partial charge in [0, 0.05) is 24.8 Å². The average Bonchev–Trinajstić information content (AvgIpc) is 2.75. The molecule has 0 amide bonds. The SMILES string of the molecule is c1c[nH]c(CSCc2ncc[nH]2)n1. The van der Waals surface area contributed by atoms with Gasteiger partial charge in [-0.1, -0.05) is 0 Å². The minimum Gasteiger partial charge on any atom is -0.348 e. The Hall–Kier alpha value is -1.23. The van der Waals surface area contributed by atoms with Crippen LogP contribution in [0, 0.1) is 0 Å². The van der Waals surface area contributed by atoms with E-state index in [2.05, 4.69) is 19.9 Å². The molecule has 0 radical (unpaired) electrons. The van der Waals surface area contributed by atoms with Crippen LogP contribution in [0.4, 0.5) is 0 Å². The van der Waals surface area contributed by atoms with Gasteiger partial charge in [0.1, 0.15) is 11.6 Å². The Morgan fingerprint density at radius 2 is 1.54 bits per heavy atom. The number of thioether (sulfide) groups is 1. The number of aromatic amines is 2. The maximum atomic E-state index is 4.13. The number of rotatable bonds is 4. The van der Waals surface area contributed by atoms with E-state index in [0.29, 0.717) is 0 Å². The summed E-state index contributed by atoms with van der Waals surface area (Å²) in [6.07, 6.45) is 7.21. The number of nitrogens with zero attached hydrogens (tertiary/aromatic N) is 2. The van der Waals surface area contributed by atoms with Gasteiger partial charge >= 0.3 is 0 Å². The van der Waals surface area contributed by atoms with Gasteiger partial charge in [-0.2, -0.15) is 0 Å². The quantitative estimate of drug-likeness (QED) is 0.776. The van der Waals surface area contributed by atoms with Crippen molar-refractivity contribution in [1.82, 2.24) is 19.9 Å². The first-order valence-corrected chi connectivity index (χ1v) is 5.15. The van der Waals surface area contributed by atoms with Crippen molar-refractivity contribution in [2.75, 3.05) is 0 Å². The fourth-order valence-electron chi connectivity index (χ4n) is 0.998. The van der Waals surface area contributed by atoms with Crippen molar-refractivity contribution in [2.24, 2.45) is 0 Å². The Kier molecular flexibility index (Phi) is 2.66. The highest BCUT2D eigenvalue weighted by molar-refractivity contribution is 7.97. The topological polar surface area (TPSA) is 57.4 Å². The average molecular weight is 194 g/mol. The van der Waals surface area contributed by atoms with E-state index in [9.17, 15) is 0 Å². The Labute approximate surface area is 80.2 Å². The number of hydrogen-bond acceptors (Lipinski definition) is 3. The molecule has 0 bridgehead atoms. The van der Waals surface area contributed by atoms with E-state index in [4.69, 9.17) is 0 Å². The van der Waals surface area contributed by atoms with Gasteiger partial charge in [-0.25, -0.2) is 9.97 Å². The molecule has 2 N–H and O–H groups in total. The van der Waals surface area contributed by atoms with Crippen LogP contribution in [0.1, 0.15) is 11.6 Å². The van der Waals surface area contributed by atoms with Crippen LogP contribution in [0.5, 0.6) is 0 Å². The summed E-state index contributed by atoms with van der Waals surface area (Å²) in [5.74, 6) is 3.81.